The molecular weight excluding hydrogens is 435 g/mol. The van der Waals surface area contributed by atoms with Crippen molar-refractivity contribution >= 4 is 46.4 Å². The molecule has 8 heteroatoms. The van der Waals surface area contributed by atoms with Gasteiger partial charge in [-0.25, -0.2) is 0 Å². The van der Waals surface area contributed by atoms with Gasteiger partial charge in [0.2, 0.25) is 0 Å². The lowest BCUT2D eigenvalue weighted by atomic mass is 10.1. The number of benzene rings is 2. The van der Waals surface area contributed by atoms with Crippen LogP contribution in [0.2, 0.25) is 10.0 Å². The zero-order chi connectivity index (χ0) is 22.5. The molecule has 0 radical (unpaired) electrons. The molecule has 6 nitrogen and oxygen atoms in total. The van der Waals surface area contributed by atoms with Gasteiger partial charge in [-0.15, -0.1) is 0 Å². The molecule has 1 aromatic heterocycles. The smallest absolute Gasteiger partial charge is 0.257 e. The van der Waals surface area contributed by atoms with Crippen LogP contribution in [0, 0.1) is 13.8 Å². The van der Waals surface area contributed by atoms with Crippen LogP contribution in [0.1, 0.15) is 51.9 Å². The van der Waals surface area contributed by atoms with Gasteiger partial charge in [0, 0.05) is 22.8 Å². The van der Waals surface area contributed by atoms with E-state index in [0.29, 0.717) is 27.5 Å². The van der Waals surface area contributed by atoms with Crippen molar-refractivity contribution in [3.63, 3.8) is 0 Å². The molecule has 0 aliphatic heterocycles. The van der Waals surface area contributed by atoms with Crippen molar-refractivity contribution in [2.75, 3.05) is 10.6 Å². The summed E-state index contributed by atoms with van der Waals surface area (Å²) in [4.78, 5) is 25.4. The van der Waals surface area contributed by atoms with Gasteiger partial charge in [0.15, 0.2) is 0 Å². The van der Waals surface area contributed by atoms with Crippen molar-refractivity contribution in [2.24, 2.45) is 0 Å². The molecule has 0 spiro atoms. The fraction of sp³-hybridized carbons (Fsp3) is 0.261. The number of hydrogen-bond donors (Lipinski definition) is 2. The molecular formula is C23H24Cl2N4O2. The Kier molecular flexibility index (Phi) is 7.36. The minimum absolute atomic E-state index is 0.255. The first kappa shape index (κ1) is 22.8. The normalized spacial score (nSPS) is 10.7. The van der Waals surface area contributed by atoms with Crippen molar-refractivity contribution in [1.29, 1.82) is 0 Å². The van der Waals surface area contributed by atoms with Crippen LogP contribution >= 0.6 is 23.2 Å². The van der Waals surface area contributed by atoms with E-state index in [9.17, 15) is 9.59 Å². The predicted molar refractivity (Wildman–Crippen MR) is 125 cm³/mol. The zero-order valence-electron chi connectivity index (χ0n) is 17.6. The molecule has 0 aliphatic carbocycles. The van der Waals surface area contributed by atoms with Crippen molar-refractivity contribution in [3.05, 3.63) is 75.0 Å². The average molecular weight is 459 g/mol. The van der Waals surface area contributed by atoms with Gasteiger partial charge in [-0.1, -0.05) is 42.6 Å². The molecule has 2 amide bonds. The average Bonchev–Trinajstić information content (AvgIpc) is 2.99. The third kappa shape index (κ3) is 5.46. The van der Waals surface area contributed by atoms with Gasteiger partial charge in [-0.2, -0.15) is 5.10 Å². The van der Waals surface area contributed by atoms with Gasteiger partial charge in [-0.3, -0.25) is 14.3 Å². The highest BCUT2D eigenvalue weighted by Gasteiger charge is 2.16. The van der Waals surface area contributed by atoms with E-state index in [0.717, 1.165) is 30.8 Å². The van der Waals surface area contributed by atoms with Crippen molar-refractivity contribution in [3.8, 4) is 0 Å². The monoisotopic (exact) mass is 458 g/mol. The van der Waals surface area contributed by atoms with Crippen LogP contribution in [0.15, 0.2) is 42.5 Å². The first-order chi connectivity index (χ1) is 14.8. The van der Waals surface area contributed by atoms with Gasteiger partial charge < -0.3 is 10.6 Å². The van der Waals surface area contributed by atoms with E-state index in [-0.39, 0.29) is 16.8 Å². The van der Waals surface area contributed by atoms with Crippen LogP contribution in [0.5, 0.6) is 0 Å². The molecule has 0 unspecified atom stereocenters. The van der Waals surface area contributed by atoms with Crippen LogP contribution in [-0.4, -0.2) is 21.6 Å². The van der Waals surface area contributed by atoms with Gasteiger partial charge in [0.05, 0.1) is 27.7 Å². The van der Waals surface area contributed by atoms with Gasteiger partial charge in [-0.05, 0) is 56.7 Å². The first-order valence-electron chi connectivity index (χ1n) is 10.0. The Labute approximate surface area is 191 Å². The highest BCUT2D eigenvalue weighted by Crippen LogP contribution is 2.24. The Morgan fingerprint density at radius 2 is 1.81 bits per heavy atom. The third-order valence-corrected chi connectivity index (χ3v) is 5.45. The number of anilines is 2. The number of halogens is 2. The standard InChI is InChI=1S/C23H24Cl2N4O2/c1-4-5-11-29-15(3)21(14(2)28-29)27-22(30)16-7-6-8-18(12-16)26-23(31)19-10-9-17(24)13-20(19)25/h6-10,12-13H,4-5,11H2,1-3H3,(H,26,31)(H,27,30). The Morgan fingerprint density at radius 3 is 2.52 bits per heavy atom. The van der Waals surface area contributed by atoms with E-state index in [1.807, 2.05) is 18.5 Å². The Balaban J connectivity index is 1.75. The first-order valence-corrected chi connectivity index (χ1v) is 10.8. The van der Waals surface area contributed by atoms with E-state index in [1.54, 1.807) is 36.4 Å². The maximum absolute atomic E-state index is 12.8. The largest absolute Gasteiger partial charge is 0.322 e. The molecule has 0 atom stereocenters. The summed E-state index contributed by atoms with van der Waals surface area (Å²) >= 11 is 12.0. The van der Waals surface area contributed by atoms with Gasteiger partial charge in [0.1, 0.15) is 0 Å². The second kappa shape index (κ2) is 9.98. The molecule has 162 valence electrons. The predicted octanol–water partition coefficient (Wildman–Crippen LogP) is 6.11. The Hall–Kier alpha value is -2.83. The third-order valence-electron chi connectivity index (χ3n) is 4.90. The molecule has 1 heterocycles. The Morgan fingerprint density at radius 1 is 1.03 bits per heavy atom. The molecule has 0 bridgehead atoms. The summed E-state index contributed by atoms with van der Waals surface area (Å²) < 4.78 is 1.92. The summed E-state index contributed by atoms with van der Waals surface area (Å²) in [6.45, 7) is 6.75. The second-order valence-corrected chi connectivity index (χ2v) is 8.08. The maximum atomic E-state index is 12.8. The fourth-order valence-electron chi connectivity index (χ4n) is 3.20. The molecule has 31 heavy (non-hydrogen) atoms. The second-order valence-electron chi connectivity index (χ2n) is 7.24. The van der Waals surface area contributed by atoms with Crippen LogP contribution < -0.4 is 10.6 Å². The van der Waals surface area contributed by atoms with Crippen LogP contribution in [-0.2, 0) is 6.54 Å². The fourth-order valence-corrected chi connectivity index (χ4v) is 3.69. The van der Waals surface area contributed by atoms with Crippen molar-refractivity contribution in [2.45, 2.75) is 40.2 Å². The van der Waals surface area contributed by atoms with Crippen molar-refractivity contribution in [1.82, 2.24) is 9.78 Å². The molecule has 3 rings (SSSR count). The summed E-state index contributed by atoms with van der Waals surface area (Å²) in [5, 5.41) is 10.9. The SMILES string of the molecule is CCCCn1nc(C)c(NC(=O)c2cccc(NC(=O)c3ccc(Cl)cc3Cl)c2)c1C. The van der Waals surface area contributed by atoms with Gasteiger partial charge >= 0.3 is 0 Å². The molecule has 0 saturated carbocycles. The number of carbonyl (C=O) groups excluding carboxylic acids is 2. The number of aromatic nitrogens is 2. The van der Waals surface area contributed by atoms with Crippen molar-refractivity contribution < 1.29 is 9.59 Å². The summed E-state index contributed by atoms with van der Waals surface area (Å²) in [5.74, 6) is -0.662. The number of rotatable bonds is 7. The number of unbranched alkanes of at least 4 members (excludes halogenated alkanes) is 1. The summed E-state index contributed by atoms with van der Waals surface area (Å²) in [6, 6.07) is 11.4. The van der Waals surface area contributed by atoms with Gasteiger partial charge in [0.25, 0.3) is 11.8 Å². The summed E-state index contributed by atoms with van der Waals surface area (Å²) in [7, 11) is 0. The quantitative estimate of drug-likeness (QED) is 0.448. The number of nitrogens with one attached hydrogen (secondary N) is 2. The number of hydrogen-bond acceptors (Lipinski definition) is 3. The molecule has 2 aromatic carbocycles. The topological polar surface area (TPSA) is 76.0 Å². The lowest BCUT2D eigenvalue weighted by Gasteiger charge is -2.10. The van der Waals surface area contributed by atoms with E-state index >= 15 is 0 Å². The van der Waals surface area contributed by atoms with Crippen LogP contribution in [0.25, 0.3) is 0 Å². The number of carbonyl (C=O) groups is 2. The summed E-state index contributed by atoms with van der Waals surface area (Å²) in [6.07, 6.45) is 2.09. The maximum Gasteiger partial charge on any atom is 0.257 e. The molecule has 3 aromatic rings. The number of aryl methyl sites for hydroxylation is 2. The van der Waals surface area contributed by atoms with Crippen LogP contribution in [0.3, 0.4) is 0 Å². The number of amides is 2. The minimum atomic E-state index is -0.386. The van der Waals surface area contributed by atoms with E-state index in [1.165, 1.54) is 6.07 Å². The molecule has 2 N–H and O–H groups in total. The Bertz CT molecular complexity index is 1120. The minimum Gasteiger partial charge on any atom is -0.322 e. The highest BCUT2D eigenvalue weighted by molar-refractivity contribution is 6.37. The molecule has 0 saturated heterocycles. The van der Waals surface area contributed by atoms with Crippen LogP contribution in [0.4, 0.5) is 11.4 Å². The zero-order valence-corrected chi connectivity index (χ0v) is 19.1. The van der Waals surface area contributed by atoms with E-state index in [2.05, 4.69) is 22.7 Å². The number of nitrogens with zero attached hydrogens (tertiary/aromatic N) is 2. The molecule has 0 aliphatic rings. The molecule has 0 fully saturated rings. The lowest BCUT2D eigenvalue weighted by molar-refractivity contribution is 0.101. The lowest BCUT2D eigenvalue weighted by Crippen LogP contribution is -2.15. The van der Waals surface area contributed by atoms with E-state index < -0.39 is 0 Å². The van der Waals surface area contributed by atoms with E-state index in [4.69, 9.17) is 23.2 Å². The summed E-state index contributed by atoms with van der Waals surface area (Å²) in [5.41, 5.74) is 3.59. The highest BCUT2D eigenvalue weighted by atomic mass is 35.5.